The van der Waals surface area contributed by atoms with Crippen LogP contribution in [-0.4, -0.2) is 25.5 Å². The average molecular weight is 292 g/mol. The summed E-state index contributed by atoms with van der Waals surface area (Å²) in [5.74, 6) is 0.928. The van der Waals surface area contributed by atoms with Crippen molar-refractivity contribution in [3.8, 4) is 5.75 Å². The maximum Gasteiger partial charge on any atom is 0.119 e. The second-order valence-electron chi connectivity index (χ2n) is 4.97. The molecule has 0 atom stereocenters. The molecule has 2 aromatic carbocycles. The van der Waals surface area contributed by atoms with Crippen LogP contribution in [0.25, 0.3) is 0 Å². The predicted octanol–water partition coefficient (Wildman–Crippen LogP) is 3.79. The van der Waals surface area contributed by atoms with Crippen molar-refractivity contribution in [3.63, 3.8) is 0 Å². The van der Waals surface area contributed by atoms with Crippen LogP contribution >= 0.6 is 12.4 Å². The number of ether oxygens (including phenoxy) is 1. The second kappa shape index (κ2) is 8.62. The van der Waals surface area contributed by atoms with Gasteiger partial charge < -0.3 is 9.64 Å². The minimum atomic E-state index is 0. The fourth-order valence-electron chi connectivity index (χ4n) is 1.85. The van der Waals surface area contributed by atoms with Gasteiger partial charge in [-0.2, -0.15) is 0 Å². The zero-order valence-corrected chi connectivity index (χ0v) is 12.9. The van der Waals surface area contributed by atoms with Crippen LogP contribution in [0.1, 0.15) is 11.1 Å². The summed E-state index contributed by atoms with van der Waals surface area (Å²) in [6.07, 6.45) is 1.08. The molecule has 20 heavy (non-hydrogen) atoms. The third-order valence-electron chi connectivity index (χ3n) is 3.02. The highest BCUT2D eigenvalue weighted by Crippen LogP contribution is 2.14. The monoisotopic (exact) mass is 291 g/mol. The molecular weight excluding hydrogens is 270 g/mol. The van der Waals surface area contributed by atoms with Crippen molar-refractivity contribution in [1.29, 1.82) is 0 Å². The van der Waals surface area contributed by atoms with E-state index in [0.29, 0.717) is 6.61 Å². The molecule has 0 saturated carbocycles. The van der Waals surface area contributed by atoms with Gasteiger partial charge in [0.15, 0.2) is 0 Å². The number of benzene rings is 2. The Hall–Kier alpha value is -1.51. The number of rotatable bonds is 6. The molecule has 0 fully saturated rings. The highest BCUT2D eigenvalue weighted by atomic mass is 35.5. The summed E-state index contributed by atoms with van der Waals surface area (Å²) in [5.41, 5.74) is 2.54. The van der Waals surface area contributed by atoms with E-state index >= 15 is 0 Å². The Kier molecular flexibility index (Phi) is 7.13. The van der Waals surface area contributed by atoms with E-state index in [0.717, 1.165) is 18.7 Å². The summed E-state index contributed by atoms with van der Waals surface area (Å²) in [5, 5.41) is 0. The lowest BCUT2D eigenvalue weighted by Crippen LogP contribution is -2.14. The number of nitrogens with zero attached hydrogens (tertiary/aromatic N) is 1. The number of likely N-dealkylation sites (N-methyl/N-ethyl adjacent to an activating group) is 1. The lowest BCUT2D eigenvalue weighted by atomic mass is 10.1. The molecule has 0 unspecified atom stereocenters. The van der Waals surface area contributed by atoms with Crippen LogP contribution in [0, 0.1) is 0 Å². The fourth-order valence-corrected chi connectivity index (χ4v) is 1.85. The minimum absolute atomic E-state index is 0. The lowest BCUT2D eigenvalue weighted by Gasteiger charge is -2.10. The lowest BCUT2D eigenvalue weighted by molar-refractivity contribution is 0.306. The predicted molar refractivity (Wildman–Crippen MR) is 86.7 cm³/mol. The smallest absolute Gasteiger partial charge is 0.119 e. The molecule has 0 aromatic heterocycles. The van der Waals surface area contributed by atoms with Gasteiger partial charge >= 0.3 is 0 Å². The minimum Gasteiger partial charge on any atom is -0.489 e. The SMILES string of the molecule is CN(C)CCc1ccc(OCc2ccccc2)cc1.Cl. The summed E-state index contributed by atoms with van der Waals surface area (Å²) >= 11 is 0. The Morgan fingerprint density at radius 1 is 0.850 bits per heavy atom. The molecular formula is C17H22ClNO. The van der Waals surface area contributed by atoms with Crippen LogP contribution in [-0.2, 0) is 13.0 Å². The molecule has 108 valence electrons. The van der Waals surface area contributed by atoms with Gasteiger partial charge in [-0.15, -0.1) is 12.4 Å². The topological polar surface area (TPSA) is 12.5 Å². The molecule has 0 radical (unpaired) electrons. The fraction of sp³-hybridized carbons (Fsp3) is 0.294. The number of halogens is 1. The van der Waals surface area contributed by atoms with Crippen LogP contribution < -0.4 is 4.74 Å². The second-order valence-corrected chi connectivity index (χ2v) is 4.97. The Morgan fingerprint density at radius 2 is 1.50 bits per heavy atom. The summed E-state index contributed by atoms with van der Waals surface area (Å²) in [6.45, 7) is 1.70. The standard InChI is InChI=1S/C17H21NO.ClH/c1-18(2)13-12-15-8-10-17(11-9-15)19-14-16-6-4-3-5-7-16;/h3-11H,12-14H2,1-2H3;1H. The maximum atomic E-state index is 5.76. The highest BCUT2D eigenvalue weighted by molar-refractivity contribution is 5.85. The van der Waals surface area contributed by atoms with Crippen molar-refractivity contribution >= 4 is 12.4 Å². The van der Waals surface area contributed by atoms with E-state index in [2.05, 4.69) is 43.3 Å². The van der Waals surface area contributed by atoms with Gasteiger partial charge in [-0.05, 0) is 43.8 Å². The first-order chi connectivity index (χ1) is 9.24. The van der Waals surface area contributed by atoms with Crippen molar-refractivity contribution in [2.45, 2.75) is 13.0 Å². The largest absolute Gasteiger partial charge is 0.489 e. The highest BCUT2D eigenvalue weighted by Gasteiger charge is 1.98. The molecule has 0 saturated heterocycles. The molecule has 2 nitrogen and oxygen atoms in total. The molecule has 0 heterocycles. The molecule has 0 N–H and O–H groups in total. The van der Waals surface area contributed by atoms with Gasteiger partial charge in [-0.3, -0.25) is 0 Å². The van der Waals surface area contributed by atoms with Gasteiger partial charge in [-0.25, -0.2) is 0 Å². The van der Waals surface area contributed by atoms with Crippen molar-refractivity contribution in [2.24, 2.45) is 0 Å². The van der Waals surface area contributed by atoms with Crippen LogP contribution in [0.5, 0.6) is 5.75 Å². The molecule has 0 spiro atoms. The van der Waals surface area contributed by atoms with E-state index in [1.165, 1.54) is 11.1 Å². The van der Waals surface area contributed by atoms with E-state index in [4.69, 9.17) is 4.74 Å². The van der Waals surface area contributed by atoms with Crippen molar-refractivity contribution in [1.82, 2.24) is 4.90 Å². The van der Waals surface area contributed by atoms with E-state index in [9.17, 15) is 0 Å². The first-order valence-corrected chi connectivity index (χ1v) is 6.64. The third kappa shape index (κ3) is 5.64. The molecule has 0 aliphatic carbocycles. The van der Waals surface area contributed by atoms with Gasteiger partial charge in [0.05, 0.1) is 0 Å². The first kappa shape index (κ1) is 16.5. The molecule has 0 amide bonds. The average Bonchev–Trinajstić information content (AvgIpc) is 2.45. The Bertz CT molecular complexity index is 482. The zero-order valence-electron chi connectivity index (χ0n) is 12.1. The summed E-state index contributed by atoms with van der Waals surface area (Å²) < 4.78 is 5.76. The maximum absolute atomic E-state index is 5.76. The van der Waals surface area contributed by atoms with Crippen LogP contribution in [0.2, 0.25) is 0 Å². The van der Waals surface area contributed by atoms with Crippen LogP contribution in [0.4, 0.5) is 0 Å². The molecule has 2 aromatic rings. The van der Waals surface area contributed by atoms with Crippen LogP contribution in [0.3, 0.4) is 0 Å². The van der Waals surface area contributed by atoms with E-state index < -0.39 is 0 Å². The van der Waals surface area contributed by atoms with Crippen LogP contribution in [0.15, 0.2) is 54.6 Å². The van der Waals surface area contributed by atoms with Crippen molar-refractivity contribution in [3.05, 3.63) is 65.7 Å². The van der Waals surface area contributed by atoms with E-state index in [-0.39, 0.29) is 12.4 Å². The Morgan fingerprint density at radius 3 is 2.10 bits per heavy atom. The third-order valence-corrected chi connectivity index (χ3v) is 3.02. The van der Waals surface area contributed by atoms with Gasteiger partial charge in [0.25, 0.3) is 0 Å². The summed E-state index contributed by atoms with van der Waals surface area (Å²) in [6, 6.07) is 18.6. The Balaban J connectivity index is 0.00000200. The summed E-state index contributed by atoms with van der Waals surface area (Å²) in [4.78, 5) is 2.19. The first-order valence-electron chi connectivity index (χ1n) is 6.64. The number of hydrogen-bond donors (Lipinski definition) is 0. The molecule has 2 rings (SSSR count). The number of hydrogen-bond acceptors (Lipinski definition) is 2. The summed E-state index contributed by atoms with van der Waals surface area (Å²) in [7, 11) is 4.19. The van der Waals surface area contributed by atoms with Gasteiger partial charge in [0.1, 0.15) is 12.4 Å². The van der Waals surface area contributed by atoms with E-state index in [1.54, 1.807) is 0 Å². The molecule has 0 bridgehead atoms. The molecule has 3 heteroatoms. The van der Waals surface area contributed by atoms with Gasteiger partial charge in [-0.1, -0.05) is 42.5 Å². The molecule has 0 aliphatic rings. The van der Waals surface area contributed by atoms with Crippen molar-refractivity contribution in [2.75, 3.05) is 20.6 Å². The van der Waals surface area contributed by atoms with Crippen molar-refractivity contribution < 1.29 is 4.74 Å². The Labute approximate surface area is 127 Å². The van der Waals surface area contributed by atoms with E-state index in [1.807, 2.05) is 30.3 Å². The molecule has 0 aliphatic heterocycles. The quantitative estimate of drug-likeness (QED) is 0.803. The van der Waals surface area contributed by atoms with Gasteiger partial charge in [0, 0.05) is 6.54 Å². The zero-order chi connectivity index (χ0) is 13.5. The normalized spacial score (nSPS) is 10.2. The van der Waals surface area contributed by atoms with Gasteiger partial charge in [0.2, 0.25) is 0 Å².